The molecule has 0 aromatic carbocycles. The predicted octanol–water partition coefficient (Wildman–Crippen LogP) is -3.59. The average molecular weight is 189 g/mol. The number of aliphatic hydroxyl groups excluding tert-OH is 1. The second-order valence-corrected chi connectivity index (χ2v) is 1.67. The highest BCUT2D eigenvalue weighted by Gasteiger charge is 2.29. The molecule has 0 spiro atoms. The van der Waals surface area contributed by atoms with E-state index in [1.807, 2.05) is 0 Å². The molecule has 0 saturated carbocycles. The summed E-state index contributed by atoms with van der Waals surface area (Å²) in [6, 6.07) is 0. The van der Waals surface area contributed by atoms with Gasteiger partial charge in [0.15, 0.2) is 0 Å². The Morgan fingerprint density at radius 2 is 1.42 bits per heavy atom. The molecule has 0 aliphatic rings. The fourth-order valence-corrected chi connectivity index (χ4v) is 0.348. The van der Waals surface area contributed by atoms with Gasteiger partial charge < -0.3 is 30.6 Å². The molecule has 0 amide bonds. The fourth-order valence-electron chi connectivity index (χ4n) is 0.348. The van der Waals surface area contributed by atoms with E-state index >= 15 is 0 Å². The summed E-state index contributed by atoms with van der Waals surface area (Å²) in [5.41, 5.74) is 0. The number of hydrogen-bond acceptors (Lipinski definition) is 6. The van der Waals surface area contributed by atoms with E-state index < -0.39 is 37.5 Å². The van der Waals surface area contributed by atoms with Crippen LogP contribution in [-0.2, 0) is 0 Å². The van der Waals surface area contributed by atoms with Crippen LogP contribution in [0.25, 0.3) is 0 Å². The smallest absolute Gasteiger partial charge is 0.111 e. The van der Waals surface area contributed by atoms with Gasteiger partial charge in [0.1, 0.15) is 24.3 Å². The molecule has 5 atom stereocenters. The van der Waals surface area contributed by atoms with E-state index in [4.69, 9.17) is 19.8 Å². The summed E-state index contributed by atoms with van der Waals surface area (Å²) in [6.45, 7) is -7.01. The highest BCUT2D eigenvalue weighted by atomic mass is 16.4. The van der Waals surface area contributed by atoms with Gasteiger partial charge in [-0.05, 0) is 0 Å². The molecule has 0 saturated heterocycles. The van der Waals surface area contributed by atoms with Gasteiger partial charge in [0.25, 0.3) is 0 Å². The zero-order valence-corrected chi connectivity index (χ0v) is 5.76. The first-order valence-electron chi connectivity index (χ1n) is 6.24. The van der Waals surface area contributed by atoms with Crippen molar-refractivity contribution in [2.75, 3.05) is 13.1 Å². The summed E-state index contributed by atoms with van der Waals surface area (Å²) in [4.78, 5) is 0. The lowest BCUT2D eigenvalue weighted by atomic mass is 10.0. The summed E-state index contributed by atoms with van der Waals surface area (Å²) in [5, 5.41) is 54.8. The van der Waals surface area contributed by atoms with Crippen LogP contribution < -0.4 is 0 Å². The molecule has 6 N–H and O–H groups in total. The molecule has 0 fully saturated rings. The Kier molecular flexibility index (Phi) is 1.95. The highest BCUT2D eigenvalue weighted by Crippen LogP contribution is 2.03. The van der Waals surface area contributed by atoms with Crippen molar-refractivity contribution < 1.29 is 40.2 Å². The van der Waals surface area contributed by atoms with Crippen LogP contribution in [0.15, 0.2) is 0 Å². The van der Waals surface area contributed by atoms with Crippen LogP contribution in [0, 0.1) is 0 Å². The van der Waals surface area contributed by atoms with E-state index in [0.717, 1.165) is 0 Å². The third-order valence-electron chi connectivity index (χ3n) is 0.919. The van der Waals surface area contributed by atoms with E-state index in [9.17, 15) is 20.4 Å². The fraction of sp³-hybridized carbons (Fsp3) is 1.00. The first-order chi connectivity index (χ1) is 7.94. The molecule has 6 nitrogen and oxygen atoms in total. The predicted molar refractivity (Wildman–Crippen MR) is 38.2 cm³/mol. The Hall–Kier alpha value is -0.240. The van der Waals surface area contributed by atoms with Crippen molar-refractivity contribution in [1.29, 1.82) is 0 Å². The largest absolute Gasteiger partial charge is 0.394 e. The molecule has 0 heterocycles. The van der Waals surface area contributed by atoms with Gasteiger partial charge in [-0.25, -0.2) is 0 Å². The molecule has 74 valence electrons. The van der Waals surface area contributed by atoms with Crippen molar-refractivity contribution in [3.05, 3.63) is 0 Å². The van der Waals surface area contributed by atoms with Crippen LogP contribution in [0.2, 0.25) is 0 Å². The SMILES string of the molecule is [2H]C(O)[C@@]([2H])(O)[C@@]([2H])(O)[C@]([2H])(O)[C@@]([2H])(O)C([2H])([2H])O. The maximum Gasteiger partial charge on any atom is 0.111 e. The second kappa shape index (κ2) is 5.41. The van der Waals surface area contributed by atoms with Crippen LogP contribution in [0.4, 0.5) is 0 Å². The number of aliphatic hydroxyl groups is 6. The normalized spacial score (nSPS) is 44.3. The third-order valence-corrected chi connectivity index (χ3v) is 0.919. The lowest BCUT2D eigenvalue weighted by molar-refractivity contribution is -0.123. The van der Waals surface area contributed by atoms with Crippen molar-refractivity contribution in [2.45, 2.75) is 24.3 Å². The molecule has 0 aliphatic carbocycles. The van der Waals surface area contributed by atoms with E-state index in [0.29, 0.717) is 0 Å². The lowest BCUT2D eigenvalue weighted by Gasteiger charge is -2.24. The standard InChI is InChI=1S/C6H14O6/c7-1-3(9)5(11)6(12)4(10)2-8/h3-12H,1-2H2/t3-,4+,5-,6-/m1/s1/i1D,2D2,3D,4D,5D,6D/t1?,3-,4+,5-,6-. The number of hydrogen-bond donors (Lipinski definition) is 6. The summed E-state index contributed by atoms with van der Waals surface area (Å²) in [7, 11) is 0. The van der Waals surface area contributed by atoms with Crippen molar-refractivity contribution >= 4 is 0 Å². The van der Waals surface area contributed by atoms with Crippen molar-refractivity contribution in [2.24, 2.45) is 0 Å². The van der Waals surface area contributed by atoms with E-state index in [1.165, 1.54) is 0 Å². The molecule has 0 bridgehead atoms. The molecule has 1 unspecified atom stereocenters. The number of rotatable bonds is 5. The molecule has 0 aromatic rings. The highest BCUT2D eigenvalue weighted by molar-refractivity contribution is 4.79. The quantitative estimate of drug-likeness (QED) is 0.266. The molecular formula is C6H14O6. The van der Waals surface area contributed by atoms with Crippen LogP contribution in [0.5, 0.6) is 0 Å². The summed E-state index contributed by atoms with van der Waals surface area (Å²) in [6.07, 6.45) is -17.0. The van der Waals surface area contributed by atoms with Gasteiger partial charge in [-0.1, -0.05) is 0 Å². The molecule has 0 rings (SSSR count). The minimum Gasteiger partial charge on any atom is -0.394 e. The van der Waals surface area contributed by atoms with Gasteiger partial charge in [-0.2, -0.15) is 0 Å². The lowest BCUT2D eigenvalue weighted by Crippen LogP contribution is -2.46. The Balaban J connectivity index is 5.92. The van der Waals surface area contributed by atoms with Gasteiger partial charge in [0.2, 0.25) is 0 Å². The van der Waals surface area contributed by atoms with Crippen molar-refractivity contribution in [3.63, 3.8) is 0 Å². The van der Waals surface area contributed by atoms with Crippen molar-refractivity contribution in [1.82, 2.24) is 0 Å². The van der Waals surface area contributed by atoms with Gasteiger partial charge in [-0.15, -0.1) is 0 Å². The van der Waals surface area contributed by atoms with Crippen LogP contribution in [-0.4, -0.2) is 68.1 Å². The zero-order valence-electron chi connectivity index (χ0n) is 12.8. The molecule has 6 heteroatoms. The minimum absolute atomic E-state index is 2.97. The maximum atomic E-state index is 9.41. The van der Waals surface area contributed by atoms with Gasteiger partial charge >= 0.3 is 0 Å². The maximum absolute atomic E-state index is 9.41. The Labute approximate surface area is 79.2 Å². The van der Waals surface area contributed by atoms with Gasteiger partial charge in [0.05, 0.1) is 22.7 Å². The first kappa shape index (κ1) is 4.32. The van der Waals surface area contributed by atoms with Gasteiger partial charge in [-0.3, -0.25) is 0 Å². The topological polar surface area (TPSA) is 121 Å². The van der Waals surface area contributed by atoms with Crippen LogP contribution in [0.3, 0.4) is 0 Å². The molecule has 0 aromatic heterocycles. The van der Waals surface area contributed by atoms with Crippen LogP contribution >= 0.6 is 0 Å². The summed E-state index contributed by atoms with van der Waals surface area (Å²) in [5.74, 6) is 0. The molecule has 0 radical (unpaired) electrons. The summed E-state index contributed by atoms with van der Waals surface area (Å²) < 4.78 is 47.8. The monoisotopic (exact) mass is 189 g/mol. The molecule has 12 heavy (non-hydrogen) atoms. The Bertz CT molecular complexity index is 335. The average Bonchev–Trinajstić information content (AvgIpc) is 2.14. The van der Waals surface area contributed by atoms with E-state index in [-0.39, 0.29) is 0 Å². The second-order valence-electron chi connectivity index (χ2n) is 1.67. The zero-order chi connectivity index (χ0) is 16.1. The minimum atomic E-state index is -4.41. The van der Waals surface area contributed by atoms with E-state index in [1.54, 1.807) is 0 Å². The summed E-state index contributed by atoms with van der Waals surface area (Å²) >= 11 is 0. The Morgan fingerprint density at radius 1 is 1.00 bits per heavy atom. The van der Waals surface area contributed by atoms with Crippen molar-refractivity contribution in [3.8, 4) is 0 Å². The van der Waals surface area contributed by atoms with Crippen LogP contribution in [0.1, 0.15) is 9.60 Å². The van der Waals surface area contributed by atoms with Gasteiger partial charge in [0, 0.05) is 0 Å². The third kappa shape index (κ3) is 3.02. The first-order valence-corrected chi connectivity index (χ1v) is 2.66. The molecule has 0 aliphatic heterocycles. The Morgan fingerprint density at radius 3 is 1.75 bits per heavy atom. The molecular weight excluding hydrogens is 168 g/mol. The van der Waals surface area contributed by atoms with E-state index in [2.05, 4.69) is 0 Å².